The van der Waals surface area contributed by atoms with Gasteiger partial charge in [-0.05, 0) is 43.4 Å². The van der Waals surface area contributed by atoms with Crippen molar-refractivity contribution < 1.29 is 24.2 Å². The number of benzene rings is 1. The predicted octanol–water partition coefficient (Wildman–Crippen LogP) is 1.94. The van der Waals surface area contributed by atoms with Crippen molar-refractivity contribution in [1.82, 2.24) is 9.80 Å². The lowest BCUT2D eigenvalue weighted by Gasteiger charge is -2.28. The number of carbonyl (C=O) groups excluding carboxylic acids is 2. The van der Waals surface area contributed by atoms with Gasteiger partial charge in [-0.3, -0.25) is 14.4 Å². The molecule has 1 aliphatic heterocycles. The number of methoxy groups -OCH3 is 1. The van der Waals surface area contributed by atoms with Crippen LogP contribution in [0.15, 0.2) is 24.3 Å². The first-order valence-electron chi connectivity index (χ1n) is 9.30. The van der Waals surface area contributed by atoms with Crippen LogP contribution in [0.3, 0.4) is 0 Å². The molecule has 1 N–H and O–H groups in total. The number of carboxylic acids is 1. The summed E-state index contributed by atoms with van der Waals surface area (Å²) in [5.74, 6) is -0.382. The maximum atomic E-state index is 12.6. The second-order valence-electron chi connectivity index (χ2n) is 6.86. The molecular formula is C20H28N2O5. The van der Waals surface area contributed by atoms with Crippen LogP contribution in [0.2, 0.25) is 0 Å². The molecule has 148 valence electrons. The zero-order valence-corrected chi connectivity index (χ0v) is 16.0. The third kappa shape index (κ3) is 6.27. The van der Waals surface area contributed by atoms with Gasteiger partial charge in [0.1, 0.15) is 12.3 Å². The summed E-state index contributed by atoms with van der Waals surface area (Å²) < 4.78 is 5.21. The van der Waals surface area contributed by atoms with Crippen LogP contribution in [0.5, 0.6) is 5.75 Å². The fourth-order valence-electron chi connectivity index (χ4n) is 3.52. The average Bonchev–Trinajstić information content (AvgIpc) is 2.90. The van der Waals surface area contributed by atoms with Gasteiger partial charge < -0.3 is 19.6 Å². The van der Waals surface area contributed by atoms with Crippen molar-refractivity contribution >= 4 is 17.8 Å². The molecule has 7 nitrogen and oxygen atoms in total. The molecule has 1 aromatic rings. The molecule has 1 unspecified atom stereocenters. The summed E-state index contributed by atoms with van der Waals surface area (Å²) in [7, 11) is 1.62. The van der Waals surface area contributed by atoms with Gasteiger partial charge in [-0.25, -0.2) is 0 Å². The molecule has 1 aliphatic rings. The van der Waals surface area contributed by atoms with Crippen LogP contribution in [0.1, 0.15) is 38.2 Å². The minimum Gasteiger partial charge on any atom is -0.497 e. The van der Waals surface area contributed by atoms with Gasteiger partial charge in [0, 0.05) is 32.5 Å². The van der Waals surface area contributed by atoms with E-state index in [0.717, 1.165) is 17.7 Å². The summed E-state index contributed by atoms with van der Waals surface area (Å²) in [5.41, 5.74) is 1.06. The highest BCUT2D eigenvalue weighted by Crippen LogP contribution is 2.19. The van der Waals surface area contributed by atoms with Crippen LogP contribution in [-0.4, -0.2) is 65.5 Å². The van der Waals surface area contributed by atoms with Crippen molar-refractivity contribution in [2.24, 2.45) is 0 Å². The smallest absolute Gasteiger partial charge is 0.323 e. The van der Waals surface area contributed by atoms with Crippen molar-refractivity contribution in [3.05, 3.63) is 29.8 Å². The van der Waals surface area contributed by atoms with Crippen LogP contribution in [0.25, 0.3) is 0 Å². The van der Waals surface area contributed by atoms with Gasteiger partial charge in [-0.15, -0.1) is 0 Å². The number of aryl methyl sites for hydroxylation is 1. The van der Waals surface area contributed by atoms with Crippen molar-refractivity contribution in [3.63, 3.8) is 0 Å². The van der Waals surface area contributed by atoms with Gasteiger partial charge >= 0.3 is 5.97 Å². The van der Waals surface area contributed by atoms with Gasteiger partial charge in [0.05, 0.1) is 7.11 Å². The first-order valence-corrected chi connectivity index (χ1v) is 9.30. The van der Waals surface area contributed by atoms with E-state index in [1.54, 1.807) is 7.11 Å². The van der Waals surface area contributed by atoms with Crippen LogP contribution in [0.4, 0.5) is 0 Å². The Hall–Kier alpha value is -2.57. The fourth-order valence-corrected chi connectivity index (χ4v) is 3.52. The molecule has 0 bridgehead atoms. The topological polar surface area (TPSA) is 87.2 Å². The summed E-state index contributed by atoms with van der Waals surface area (Å²) in [4.78, 5) is 38.6. The quantitative estimate of drug-likeness (QED) is 0.786. The van der Waals surface area contributed by atoms with Crippen LogP contribution in [-0.2, 0) is 20.8 Å². The standard InChI is InChI=1S/C20H28N2O5/c1-15(23)22(14-20(25)26)17-6-4-11-21(12-10-17)19(24)9-8-16-5-3-7-18(13-16)27-2/h3,5,7,13,17H,4,6,8-12,14H2,1-2H3,(H,25,26). The second-order valence-corrected chi connectivity index (χ2v) is 6.86. The number of rotatable bonds is 7. The zero-order valence-electron chi connectivity index (χ0n) is 16.0. The average molecular weight is 376 g/mol. The van der Waals surface area contributed by atoms with Gasteiger partial charge in [0.15, 0.2) is 0 Å². The van der Waals surface area contributed by atoms with Crippen molar-refractivity contribution in [3.8, 4) is 5.75 Å². The number of likely N-dealkylation sites (tertiary alicyclic amines) is 1. The minimum absolute atomic E-state index is 0.0890. The lowest BCUT2D eigenvalue weighted by Crippen LogP contribution is -2.43. The number of carboxylic acid groups (broad SMARTS) is 1. The van der Waals surface area contributed by atoms with Crippen molar-refractivity contribution in [1.29, 1.82) is 0 Å². The Morgan fingerprint density at radius 3 is 2.70 bits per heavy atom. The normalized spacial score (nSPS) is 17.1. The van der Waals surface area contributed by atoms with Gasteiger partial charge in [-0.1, -0.05) is 12.1 Å². The highest BCUT2D eigenvalue weighted by atomic mass is 16.5. The van der Waals surface area contributed by atoms with Crippen LogP contribution in [0, 0.1) is 0 Å². The number of amides is 2. The lowest BCUT2D eigenvalue weighted by atomic mass is 10.1. The molecule has 2 amide bonds. The van der Waals surface area contributed by atoms with Crippen LogP contribution >= 0.6 is 0 Å². The largest absolute Gasteiger partial charge is 0.497 e. The monoisotopic (exact) mass is 376 g/mol. The number of hydrogen-bond donors (Lipinski definition) is 1. The molecule has 2 rings (SSSR count). The summed E-state index contributed by atoms with van der Waals surface area (Å²) in [6, 6.07) is 7.56. The molecule has 0 spiro atoms. The molecule has 0 aliphatic carbocycles. The Labute approximate surface area is 159 Å². The van der Waals surface area contributed by atoms with E-state index in [4.69, 9.17) is 9.84 Å². The molecule has 7 heteroatoms. The maximum absolute atomic E-state index is 12.6. The Balaban J connectivity index is 1.89. The number of ether oxygens (including phenoxy) is 1. The number of hydrogen-bond acceptors (Lipinski definition) is 4. The Kier molecular flexibility index (Phi) is 7.64. The molecule has 1 atom stereocenters. The van der Waals surface area contributed by atoms with Gasteiger partial charge in [0.2, 0.25) is 11.8 Å². The fraction of sp³-hybridized carbons (Fsp3) is 0.550. The molecule has 1 saturated heterocycles. The first-order chi connectivity index (χ1) is 12.9. The summed E-state index contributed by atoms with van der Waals surface area (Å²) in [6.07, 6.45) is 3.15. The second kappa shape index (κ2) is 9.94. The lowest BCUT2D eigenvalue weighted by molar-refractivity contribution is -0.145. The number of nitrogens with zero attached hydrogens (tertiary/aromatic N) is 2. The van der Waals surface area contributed by atoms with Crippen molar-refractivity contribution in [2.45, 2.75) is 45.1 Å². The molecule has 1 fully saturated rings. The Bertz CT molecular complexity index is 676. The van der Waals surface area contributed by atoms with Gasteiger partial charge in [0.25, 0.3) is 0 Å². The van der Waals surface area contributed by atoms with Crippen LogP contribution < -0.4 is 4.74 Å². The molecular weight excluding hydrogens is 348 g/mol. The number of aliphatic carboxylic acids is 1. The summed E-state index contributed by atoms with van der Waals surface area (Å²) in [6.45, 7) is 2.30. The maximum Gasteiger partial charge on any atom is 0.323 e. The predicted molar refractivity (Wildman–Crippen MR) is 101 cm³/mol. The van der Waals surface area contributed by atoms with E-state index in [0.29, 0.717) is 38.8 Å². The molecule has 1 heterocycles. The Morgan fingerprint density at radius 1 is 1.26 bits per heavy atom. The van der Waals surface area contributed by atoms with E-state index < -0.39 is 5.97 Å². The third-order valence-electron chi connectivity index (χ3n) is 4.96. The first kappa shape index (κ1) is 20.7. The third-order valence-corrected chi connectivity index (χ3v) is 4.96. The summed E-state index contributed by atoms with van der Waals surface area (Å²) >= 11 is 0. The zero-order chi connectivity index (χ0) is 19.8. The summed E-state index contributed by atoms with van der Waals surface area (Å²) in [5, 5.41) is 9.02. The highest BCUT2D eigenvalue weighted by Gasteiger charge is 2.27. The number of carbonyl (C=O) groups is 3. The van der Waals surface area contributed by atoms with Gasteiger partial charge in [-0.2, -0.15) is 0 Å². The highest BCUT2D eigenvalue weighted by molar-refractivity contribution is 5.80. The Morgan fingerprint density at radius 2 is 2.04 bits per heavy atom. The molecule has 0 radical (unpaired) electrons. The molecule has 27 heavy (non-hydrogen) atoms. The SMILES string of the molecule is COc1cccc(CCC(=O)N2CCCC(N(CC(=O)O)C(C)=O)CC2)c1. The van der Waals surface area contributed by atoms with Crippen molar-refractivity contribution in [2.75, 3.05) is 26.7 Å². The van der Waals surface area contributed by atoms with E-state index in [1.165, 1.54) is 11.8 Å². The van der Waals surface area contributed by atoms with E-state index in [9.17, 15) is 14.4 Å². The molecule has 0 saturated carbocycles. The van der Waals surface area contributed by atoms with E-state index in [2.05, 4.69) is 0 Å². The van der Waals surface area contributed by atoms with E-state index in [-0.39, 0.29) is 24.4 Å². The molecule has 1 aromatic carbocycles. The van der Waals surface area contributed by atoms with E-state index in [1.807, 2.05) is 29.2 Å². The molecule has 0 aromatic heterocycles. The van der Waals surface area contributed by atoms with E-state index >= 15 is 0 Å². The minimum atomic E-state index is -1.01.